The van der Waals surface area contributed by atoms with Gasteiger partial charge in [-0.1, -0.05) is 59.6 Å². The van der Waals surface area contributed by atoms with Crippen molar-refractivity contribution in [2.45, 2.75) is 88.6 Å². The summed E-state index contributed by atoms with van der Waals surface area (Å²) in [5.41, 5.74) is 1.47. The second kappa shape index (κ2) is 5.07. The first-order valence-corrected chi connectivity index (χ1v) is 10.5. The van der Waals surface area contributed by atoms with Gasteiger partial charge in [0.2, 0.25) is 11.8 Å². The van der Waals surface area contributed by atoms with Crippen LogP contribution in [0.2, 0.25) is 0 Å². The summed E-state index contributed by atoms with van der Waals surface area (Å²) >= 11 is 0. The van der Waals surface area contributed by atoms with Crippen molar-refractivity contribution >= 4 is 11.8 Å². The second-order valence-electron chi connectivity index (χ2n) is 12.0. The van der Waals surface area contributed by atoms with Crippen LogP contribution >= 0.6 is 0 Å². The fourth-order valence-corrected chi connectivity index (χ4v) is 7.56. The van der Waals surface area contributed by atoms with E-state index in [2.05, 4.69) is 62.3 Å². The molecule has 6 atom stereocenters. The van der Waals surface area contributed by atoms with Crippen molar-refractivity contribution in [3.05, 3.63) is 11.1 Å². The molecule has 0 spiro atoms. The van der Waals surface area contributed by atoms with Crippen molar-refractivity contribution in [2.75, 3.05) is 0 Å². The quantitative estimate of drug-likeness (QED) is 0.418. The van der Waals surface area contributed by atoms with Gasteiger partial charge in [-0.25, -0.2) is 0 Å². The van der Waals surface area contributed by atoms with E-state index in [4.69, 9.17) is 0 Å². The molecule has 0 aromatic heterocycles. The Morgan fingerprint density at radius 2 is 1.26 bits per heavy atom. The summed E-state index contributed by atoms with van der Waals surface area (Å²) in [5, 5.41) is 0. The van der Waals surface area contributed by atoms with Crippen molar-refractivity contribution in [1.82, 2.24) is 4.90 Å². The molecule has 0 radical (unpaired) electrons. The zero-order valence-corrected chi connectivity index (χ0v) is 19.5. The van der Waals surface area contributed by atoms with E-state index in [1.165, 1.54) is 11.1 Å². The van der Waals surface area contributed by atoms with Crippen molar-refractivity contribution < 1.29 is 9.59 Å². The third-order valence-corrected chi connectivity index (χ3v) is 9.80. The fraction of sp³-hybridized carbons (Fsp3) is 0.833. The van der Waals surface area contributed by atoms with E-state index in [1.807, 2.05) is 20.8 Å². The number of allylic oxidation sites excluding steroid dienone is 2. The number of nitrogens with zero attached hydrogens (tertiary/aromatic N) is 1. The largest absolute Gasteiger partial charge is 0.277 e. The third kappa shape index (κ3) is 1.90. The van der Waals surface area contributed by atoms with Gasteiger partial charge >= 0.3 is 0 Å². The number of imide groups is 1. The highest BCUT2D eigenvalue weighted by molar-refractivity contribution is 6.07. The van der Waals surface area contributed by atoms with Crippen LogP contribution in [0, 0.1) is 39.4 Å². The highest BCUT2D eigenvalue weighted by Gasteiger charge is 2.78. The standard InChI is InChI=1S/C24H39NO2/c1-13-14(2)23(11)17-16(18(26)25(19(17)27)21(7,8)9)22(13,10)15(3)24(23,12)20(4,5)6/h15-17H,1-12H3. The van der Waals surface area contributed by atoms with Crippen LogP contribution in [0.3, 0.4) is 0 Å². The molecule has 6 unspecified atom stereocenters. The van der Waals surface area contributed by atoms with Gasteiger partial charge in [-0.15, -0.1) is 0 Å². The van der Waals surface area contributed by atoms with E-state index in [0.717, 1.165) is 0 Å². The first-order valence-electron chi connectivity index (χ1n) is 10.5. The predicted molar refractivity (Wildman–Crippen MR) is 110 cm³/mol. The third-order valence-electron chi connectivity index (χ3n) is 9.80. The minimum atomic E-state index is -0.485. The van der Waals surface area contributed by atoms with Crippen LogP contribution < -0.4 is 0 Å². The Kier molecular flexibility index (Phi) is 3.87. The number of carbonyl (C=O) groups is 2. The molecule has 0 N–H and O–H groups in total. The summed E-state index contributed by atoms with van der Waals surface area (Å²) < 4.78 is 0. The molecule has 0 aromatic rings. The van der Waals surface area contributed by atoms with Gasteiger partial charge in [-0.3, -0.25) is 14.5 Å². The SMILES string of the molecule is CC1=C(C)C2(C)C3C(=O)N(C(C)(C)C)C(=O)C3C1(C)C(C)C2(C)C(C)(C)C. The van der Waals surface area contributed by atoms with Gasteiger partial charge in [0.1, 0.15) is 0 Å². The van der Waals surface area contributed by atoms with Crippen LogP contribution in [0.5, 0.6) is 0 Å². The normalized spacial score (nSPS) is 45.0. The molecular weight excluding hydrogens is 334 g/mol. The van der Waals surface area contributed by atoms with E-state index in [-0.39, 0.29) is 45.3 Å². The fourth-order valence-electron chi connectivity index (χ4n) is 7.56. The lowest BCUT2D eigenvalue weighted by Gasteiger charge is -2.73. The Bertz CT molecular complexity index is 764. The number of hydrogen-bond acceptors (Lipinski definition) is 2. The Morgan fingerprint density at radius 1 is 0.815 bits per heavy atom. The molecule has 3 heteroatoms. The van der Waals surface area contributed by atoms with Crippen LogP contribution in [0.25, 0.3) is 0 Å². The Labute approximate surface area is 166 Å². The molecule has 4 aliphatic rings. The van der Waals surface area contributed by atoms with Gasteiger partial charge < -0.3 is 0 Å². The van der Waals surface area contributed by atoms with Crippen LogP contribution in [-0.2, 0) is 9.59 Å². The molecule has 1 saturated carbocycles. The van der Waals surface area contributed by atoms with Crippen molar-refractivity contribution in [1.29, 1.82) is 0 Å². The first kappa shape index (κ1) is 20.6. The smallest absolute Gasteiger partial charge is 0.234 e. The molecule has 2 amide bonds. The monoisotopic (exact) mass is 373 g/mol. The molecule has 2 bridgehead atoms. The zero-order valence-electron chi connectivity index (χ0n) is 19.5. The summed E-state index contributed by atoms with van der Waals surface area (Å²) in [5.74, 6) is -0.125. The Balaban J connectivity index is 2.41. The lowest BCUT2D eigenvalue weighted by molar-refractivity contribution is -0.205. The minimum Gasteiger partial charge on any atom is -0.277 e. The van der Waals surface area contributed by atoms with Crippen molar-refractivity contribution in [3.63, 3.8) is 0 Å². The second-order valence-corrected chi connectivity index (χ2v) is 12.0. The van der Waals surface area contributed by atoms with Gasteiger partial charge in [0, 0.05) is 16.4 Å². The predicted octanol–water partition coefficient (Wildman–Crippen LogP) is 5.45. The molecule has 152 valence electrons. The summed E-state index contributed by atoms with van der Waals surface area (Å²) in [6.07, 6.45) is 0. The molecule has 1 aliphatic heterocycles. The van der Waals surface area contributed by atoms with E-state index >= 15 is 0 Å². The van der Waals surface area contributed by atoms with Gasteiger partial charge in [0.25, 0.3) is 0 Å². The molecule has 3 nitrogen and oxygen atoms in total. The molecule has 2 fully saturated rings. The maximum Gasteiger partial charge on any atom is 0.234 e. The van der Waals surface area contributed by atoms with Crippen molar-refractivity contribution in [3.8, 4) is 0 Å². The zero-order chi connectivity index (χ0) is 21.1. The number of carbonyl (C=O) groups excluding carboxylic acids is 2. The molecule has 3 aliphatic carbocycles. The maximum atomic E-state index is 13.8. The minimum absolute atomic E-state index is 0.00777. The summed E-state index contributed by atoms with van der Waals surface area (Å²) in [4.78, 5) is 29.1. The van der Waals surface area contributed by atoms with Gasteiger partial charge in [-0.05, 0) is 51.4 Å². The average molecular weight is 374 g/mol. The Morgan fingerprint density at radius 3 is 1.67 bits per heavy atom. The summed E-state index contributed by atoms with van der Waals surface area (Å²) in [6.45, 7) is 26.5. The van der Waals surface area contributed by atoms with E-state index in [1.54, 1.807) is 4.90 Å². The van der Waals surface area contributed by atoms with Crippen LogP contribution in [0.15, 0.2) is 11.1 Å². The Hall–Kier alpha value is -1.12. The highest BCUT2D eigenvalue weighted by atomic mass is 16.2. The van der Waals surface area contributed by atoms with Gasteiger partial charge in [-0.2, -0.15) is 0 Å². The van der Waals surface area contributed by atoms with Crippen LogP contribution in [0.4, 0.5) is 0 Å². The summed E-state index contributed by atoms with van der Waals surface area (Å²) in [7, 11) is 0. The van der Waals surface area contributed by atoms with Crippen LogP contribution in [-0.4, -0.2) is 22.3 Å². The number of rotatable bonds is 0. The maximum absolute atomic E-state index is 13.8. The molecule has 27 heavy (non-hydrogen) atoms. The van der Waals surface area contributed by atoms with E-state index in [0.29, 0.717) is 5.92 Å². The summed E-state index contributed by atoms with van der Waals surface area (Å²) in [6, 6.07) is 0. The van der Waals surface area contributed by atoms with Crippen LogP contribution in [0.1, 0.15) is 83.1 Å². The topological polar surface area (TPSA) is 37.4 Å². The highest BCUT2D eigenvalue weighted by Crippen LogP contribution is 2.78. The van der Waals surface area contributed by atoms with Gasteiger partial charge in [0.05, 0.1) is 11.8 Å². The number of fused-ring (bicyclic) bond motifs is 1. The molecular formula is C24H39NO2. The lowest BCUT2D eigenvalue weighted by Crippen LogP contribution is -2.70. The molecule has 4 rings (SSSR count). The number of likely N-dealkylation sites (tertiary alicyclic amines) is 1. The first-order chi connectivity index (χ1) is 11.9. The molecule has 1 heterocycles. The average Bonchev–Trinajstić information content (AvgIpc) is 2.78. The molecule has 1 saturated heterocycles. The molecule has 0 aromatic carbocycles. The lowest BCUT2D eigenvalue weighted by atomic mass is 9.29. The van der Waals surface area contributed by atoms with Crippen molar-refractivity contribution in [2.24, 2.45) is 39.4 Å². The number of hydrogen-bond donors (Lipinski definition) is 0. The number of amides is 2. The van der Waals surface area contributed by atoms with E-state index < -0.39 is 5.54 Å². The van der Waals surface area contributed by atoms with Gasteiger partial charge in [0.15, 0.2) is 0 Å². The van der Waals surface area contributed by atoms with E-state index in [9.17, 15) is 9.59 Å².